The van der Waals surface area contributed by atoms with E-state index in [1.807, 2.05) is 11.4 Å². The zero-order valence-electron chi connectivity index (χ0n) is 15.0. The van der Waals surface area contributed by atoms with Crippen LogP contribution in [0.2, 0.25) is 0 Å². The lowest BCUT2D eigenvalue weighted by Crippen LogP contribution is -2.40. The number of morpholine rings is 1. The molecule has 0 spiro atoms. The van der Waals surface area contributed by atoms with Gasteiger partial charge in [0.05, 0.1) is 24.7 Å². The highest BCUT2D eigenvalue weighted by atomic mass is 32.2. The molecule has 1 aliphatic heterocycles. The molecule has 0 unspecified atom stereocenters. The lowest BCUT2D eigenvalue weighted by molar-refractivity contribution is 0.0730. The number of hydrogen-bond donors (Lipinski definition) is 0. The summed E-state index contributed by atoms with van der Waals surface area (Å²) < 4.78 is 37.7. The Hall–Kier alpha value is -1.72. The van der Waals surface area contributed by atoms with Gasteiger partial charge in [-0.25, -0.2) is 18.4 Å². The second kappa shape index (κ2) is 8.75. The Morgan fingerprint density at radius 3 is 2.71 bits per heavy atom. The second-order valence-electron chi connectivity index (χ2n) is 6.00. The van der Waals surface area contributed by atoms with E-state index >= 15 is 0 Å². The molecule has 7 nitrogen and oxygen atoms in total. The predicted molar refractivity (Wildman–Crippen MR) is 110 cm³/mol. The number of thiophene rings is 1. The van der Waals surface area contributed by atoms with Crippen molar-refractivity contribution in [3.63, 3.8) is 0 Å². The summed E-state index contributed by atoms with van der Waals surface area (Å²) in [4.78, 5) is 9.83. The van der Waals surface area contributed by atoms with Crippen molar-refractivity contribution in [1.82, 2.24) is 14.3 Å². The fraction of sp³-hybridized carbons (Fsp3) is 0.333. The van der Waals surface area contributed by atoms with Gasteiger partial charge in [-0.3, -0.25) is 0 Å². The zero-order valence-corrected chi connectivity index (χ0v) is 17.4. The normalized spacial score (nSPS) is 15.7. The van der Waals surface area contributed by atoms with Gasteiger partial charge in [0.15, 0.2) is 0 Å². The minimum absolute atomic E-state index is 0.275. The van der Waals surface area contributed by atoms with Gasteiger partial charge in [-0.15, -0.1) is 23.1 Å². The van der Waals surface area contributed by atoms with Gasteiger partial charge in [0.25, 0.3) is 0 Å². The van der Waals surface area contributed by atoms with Gasteiger partial charge in [-0.05, 0) is 35.7 Å². The smallest absolute Gasteiger partial charge is 0.243 e. The van der Waals surface area contributed by atoms with E-state index in [2.05, 4.69) is 9.97 Å². The van der Waals surface area contributed by atoms with Crippen LogP contribution in [0.25, 0.3) is 10.2 Å². The van der Waals surface area contributed by atoms with Gasteiger partial charge >= 0.3 is 0 Å². The number of ether oxygens (including phenoxy) is 2. The van der Waals surface area contributed by atoms with Crippen LogP contribution in [0, 0.1) is 0 Å². The minimum Gasteiger partial charge on any atom is -0.493 e. The summed E-state index contributed by atoms with van der Waals surface area (Å²) in [7, 11) is -3.47. The number of fused-ring (bicyclic) bond motifs is 1. The number of nitrogens with zero attached hydrogens (tertiary/aromatic N) is 3. The highest BCUT2D eigenvalue weighted by molar-refractivity contribution is 7.99. The summed E-state index contributed by atoms with van der Waals surface area (Å²) in [6.07, 6.45) is 1.58. The first-order chi connectivity index (χ1) is 13.6. The van der Waals surface area contributed by atoms with Crippen molar-refractivity contribution in [1.29, 1.82) is 0 Å². The molecule has 1 fully saturated rings. The van der Waals surface area contributed by atoms with Gasteiger partial charge in [-0.1, -0.05) is 0 Å². The van der Waals surface area contributed by atoms with Crippen LogP contribution in [-0.4, -0.2) is 61.4 Å². The highest BCUT2D eigenvalue weighted by Gasteiger charge is 2.26. The Bertz CT molecular complexity index is 1030. The largest absolute Gasteiger partial charge is 0.493 e. The van der Waals surface area contributed by atoms with Gasteiger partial charge in [0.2, 0.25) is 10.0 Å². The fourth-order valence-corrected chi connectivity index (χ4v) is 5.83. The van der Waals surface area contributed by atoms with Crippen LogP contribution in [-0.2, 0) is 14.8 Å². The molecule has 0 bridgehead atoms. The summed E-state index contributed by atoms with van der Waals surface area (Å²) in [6, 6.07) is 8.59. The number of aromatic nitrogens is 2. The molecule has 0 radical (unpaired) electrons. The van der Waals surface area contributed by atoms with E-state index in [1.165, 1.54) is 4.31 Å². The molecule has 0 amide bonds. The highest BCUT2D eigenvalue weighted by Crippen LogP contribution is 2.27. The Morgan fingerprint density at radius 1 is 1.14 bits per heavy atom. The Kier molecular flexibility index (Phi) is 6.12. The van der Waals surface area contributed by atoms with Crippen LogP contribution < -0.4 is 4.74 Å². The van der Waals surface area contributed by atoms with Gasteiger partial charge in [-0.2, -0.15) is 4.31 Å². The first-order valence-corrected chi connectivity index (χ1v) is 12.1. The summed E-state index contributed by atoms with van der Waals surface area (Å²) in [6.45, 7) is 2.14. The molecule has 2 aromatic heterocycles. The van der Waals surface area contributed by atoms with Crippen molar-refractivity contribution in [3.05, 3.63) is 42.0 Å². The van der Waals surface area contributed by atoms with Gasteiger partial charge in [0, 0.05) is 24.2 Å². The number of benzene rings is 1. The molecule has 4 rings (SSSR count). The van der Waals surface area contributed by atoms with E-state index < -0.39 is 10.0 Å². The zero-order chi connectivity index (χ0) is 19.4. The lowest BCUT2D eigenvalue weighted by atomic mass is 10.3. The number of rotatable bonds is 7. The van der Waals surface area contributed by atoms with E-state index in [1.54, 1.807) is 53.7 Å². The molecule has 3 heterocycles. The van der Waals surface area contributed by atoms with Crippen molar-refractivity contribution in [2.45, 2.75) is 9.92 Å². The van der Waals surface area contributed by atoms with Crippen LogP contribution in [0.1, 0.15) is 0 Å². The van der Waals surface area contributed by atoms with Crippen molar-refractivity contribution in [2.75, 3.05) is 38.7 Å². The van der Waals surface area contributed by atoms with E-state index in [4.69, 9.17) is 9.47 Å². The van der Waals surface area contributed by atoms with Crippen molar-refractivity contribution >= 4 is 43.3 Å². The van der Waals surface area contributed by atoms with Crippen LogP contribution >= 0.6 is 23.1 Å². The molecular formula is C18H19N3O4S3. The molecule has 0 atom stereocenters. The van der Waals surface area contributed by atoms with E-state index in [-0.39, 0.29) is 4.90 Å². The molecule has 0 N–H and O–H groups in total. The number of thioether (sulfide) groups is 1. The summed E-state index contributed by atoms with van der Waals surface area (Å²) >= 11 is 3.21. The van der Waals surface area contributed by atoms with Crippen molar-refractivity contribution < 1.29 is 17.9 Å². The van der Waals surface area contributed by atoms with E-state index in [0.717, 1.165) is 21.0 Å². The molecule has 1 saturated heterocycles. The van der Waals surface area contributed by atoms with Crippen LogP contribution in [0.15, 0.2) is 52.0 Å². The van der Waals surface area contributed by atoms with Crippen molar-refractivity contribution in [3.8, 4) is 5.75 Å². The lowest BCUT2D eigenvalue weighted by Gasteiger charge is -2.26. The third-order valence-electron chi connectivity index (χ3n) is 4.25. The molecule has 148 valence electrons. The monoisotopic (exact) mass is 437 g/mol. The maximum atomic E-state index is 12.6. The van der Waals surface area contributed by atoms with Crippen LogP contribution in [0.3, 0.4) is 0 Å². The summed E-state index contributed by atoms with van der Waals surface area (Å²) in [5, 5.41) is 4.02. The molecule has 1 aliphatic rings. The topological polar surface area (TPSA) is 81.6 Å². The SMILES string of the molecule is O=S(=O)(c1ccc(OCCSc2ncnc3sccc23)cc1)N1CCOCC1. The second-order valence-corrected chi connectivity index (χ2v) is 9.92. The van der Waals surface area contributed by atoms with Crippen LogP contribution in [0.5, 0.6) is 5.75 Å². The molecule has 10 heteroatoms. The Morgan fingerprint density at radius 2 is 1.93 bits per heavy atom. The molecular weight excluding hydrogens is 418 g/mol. The third kappa shape index (κ3) is 4.31. The summed E-state index contributed by atoms with van der Waals surface area (Å²) in [5.41, 5.74) is 0. The first kappa shape index (κ1) is 19.6. The van der Waals surface area contributed by atoms with E-state index in [0.29, 0.717) is 38.7 Å². The molecule has 0 saturated carbocycles. The Balaban J connectivity index is 1.31. The van der Waals surface area contributed by atoms with Crippen LogP contribution in [0.4, 0.5) is 0 Å². The fourth-order valence-electron chi connectivity index (χ4n) is 2.82. The molecule has 3 aromatic rings. The maximum absolute atomic E-state index is 12.6. The maximum Gasteiger partial charge on any atom is 0.243 e. The minimum atomic E-state index is -3.47. The Labute approximate surface area is 171 Å². The van der Waals surface area contributed by atoms with Gasteiger partial charge < -0.3 is 9.47 Å². The average molecular weight is 438 g/mol. The molecule has 28 heavy (non-hydrogen) atoms. The van der Waals surface area contributed by atoms with Gasteiger partial charge in [0.1, 0.15) is 21.9 Å². The molecule has 1 aromatic carbocycles. The first-order valence-electron chi connectivity index (χ1n) is 8.76. The quantitative estimate of drug-likeness (QED) is 0.319. The predicted octanol–water partition coefficient (Wildman–Crippen LogP) is 2.88. The summed E-state index contributed by atoms with van der Waals surface area (Å²) in [5.74, 6) is 1.38. The number of sulfonamides is 1. The van der Waals surface area contributed by atoms with Crippen molar-refractivity contribution in [2.24, 2.45) is 0 Å². The van der Waals surface area contributed by atoms with E-state index in [9.17, 15) is 8.42 Å². The molecule has 0 aliphatic carbocycles. The third-order valence-corrected chi connectivity index (χ3v) is 7.95. The average Bonchev–Trinajstić information content (AvgIpc) is 3.22. The number of hydrogen-bond acceptors (Lipinski definition) is 8. The standard InChI is InChI=1S/C18H19N3O4S3/c22-28(23,21-6-8-24-9-7-21)15-3-1-14(2-4-15)25-10-12-27-18-16-5-11-26-17(16)19-13-20-18/h1-5,11,13H,6-10,12H2.